The number of aliphatic imine (C=N–C) groups is 1. The summed E-state index contributed by atoms with van der Waals surface area (Å²) in [5.41, 5.74) is 0. The van der Waals surface area contributed by atoms with Gasteiger partial charge in [-0.1, -0.05) is 6.42 Å². The number of isocyanates is 1. The van der Waals surface area contributed by atoms with Crippen molar-refractivity contribution in [1.29, 1.82) is 0 Å². The van der Waals surface area contributed by atoms with Gasteiger partial charge in [0.2, 0.25) is 6.08 Å². The predicted molar refractivity (Wildman–Crippen MR) is 52.5 cm³/mol. The van der Waals surface area contributed by atoms with Crippen LogP contribution in [0.1, 0.15) is 32.6 Å². The lowest BCUT2D eigenvalue weighted by atomic mass is 10.0. The summed E-state index contributed by atoms with van der Waals surface area (Å²) in [6.07, 6.45) is 6.56. The summed E-state index contributed by atoms with van der Waals surface area (Å²) in [5.74, 6) is 0. The van der Waals surface area contributed by atoms with E-state index >= 15 is 0 Å². The summed E-state index contributed by atoms with van der Waals surface area (Å²) in [4.78, 5) is 15.9. The van der Waals surface area contributed by atoms with Gasteiger partial charge in [0.05, 0.1) is 6.54 Å². The smallest absolute Gasteiger partial charge is 0.234 e. The molecule has 0 aliphatic carbocycles. The Morgan fingerprint density at radius 1 is 1.54 bits per heavy atom. The molecule has 13 heavy (non-hydrogen) atoms. The molecule has 1 aliphatic heterocycles. The molecule has 0 radical (unpaired) electrons. The highest BCUT2D eigenvalue weighted by molar-refractivity contribution is 5.32. The highest BCUT2D eigenvalue weighted by Crippen LogP contribution is 2.16. The molecule has 0 aromatic heterocycles. The molecule has 0 amide bonds. The van der Waals surface area contributed by atoms with Crippen LogP contribution >= 0.6 is 0 Å². The summed E-state index contributed by atoms with van der Waals surface area (Å²) < 4.78 is 0. The molecule has 1 unspecified atom stereocenters. The van der Waals surface area contributed by atoms with Crippen molar-refractivity contribution < 1.29 is 4.79 Å². The normalized spacial score (nSPS) is 23.9. The Kier molecular flexibility index (Phi) is 4.73. The third kappa shape index (κ3) is 3.71. The van der Waals surface area contributed by atoms with Crippen LogP contribution in [0.3, 0.4) is 0 Å². The fraction of sp³-hybridized carbons (Fsp3) is 0.900. The van der Waals surface area contributed by atoms with Crippen molar-refractivity contribution in [3.63, 3.8) is 0 Å². The van der Waals surface area contributed by atoms with Crippen molar-refractivity contribution in [3.05, 3.63) is 0 Å². The van der Waals surface area contributed by atoms with Gasteiger partial charge in [0.25, 0.3) is 0 Å². The van der Waals surface area contributed by atoms with E-state index in [2.05, 4.69) is 16.8 Å². The Labute approximate surface area is 79.8 Å². The molecule has 1 aliphatic rings. The van der Waals surface area contributed by atoms with Gasteiger partial charge in [0.1, 0.15) is 0 Å². The maximum atomic E-state index is 9.82. The van der Waals surface area contributed by atoms with E-state index in [1.807, 2.05) is 0 Å². The minimum Gasteiger partial charge on any atom is -0.301 e. The first-order valence-corrected chi connectivity index (χ1v) is 5.12. The molecule has 1 rings (SSSR count). The number of nitrogens with zero attached hydrogens (tertiary/aromatic N) is 2. The molecule has 0 aromatic carbocycles. The summed E-state index contributed by atoms with van der Waals surface area (Å²) in [6.45, 7) is 5.20. The van der Waals surface area contributed by atoms with Crippen molar-refractivity contribution in [1.82, 2.24) is 4.90 Å². The highest BCUT2D eigenvalue weighted by atomic mass is 16.1. The van der Waals surface area contributed by atoms with Gasteiger partial charge in [0.15, 0.2) is 0 Å². The van der Waals surface area contributed by atoms with E-state index in [9.17, 15) is 4.79 Å². The Morgan fingerprint density at radius 2 is 2.38 bits per heavy atom. The van der Waals surface area contributed by atoms with Crippen molar-refractivity contribution in [2.24, 2.45) is 4.99 Å². The average molecular weight is 182 g/mol. The number of piperidine rings is 1. The van der Waals surface area contributed by atoms with E-state index in [1.54, 1.807) is 6.08 Å². The van der Waals surface area contributed by atoms with Gasteiger partial charge in [0, 0.05) is 12.6 Å². The lowest BCUT2D eigenvalue weighted by molar-refractivity contribution is 0.160. The number of hydrogen-bond acceptors (Lipinski definition) is 3. The molecule has 0 aromatic rings. The molecule has 3 heteroatoms. The zero-order valence-electron chi connectivity index (χ0n) is 8.33. The fourth-order valence-electron chi connectivity index (χ4n) is 1.89. The summed E-state index contributed by atoms with van der Waals surface area (Å²) in [6, 6.07) is 0.717. The van der Waals surface area contributed by atoms with Gasteiger partial charge in [-0.2, -0.15) is 0 Å². The molecule has 1 heterocycles. The van der Waals surface area contributed by atoms with Crippen LogP contribution in [0, 0.1) is 0 Å². The van der Waals surface area contributed by atoms with Gasteiger partial charge in [-0.3, -0.25) is 0 Å². The van der Waals surface area contributed by atoms with Crippen molar-refractivity contribution >= 4 is 6.08 Å². The second-order valence-electron chi connectivity index (χ2n) is 3.71. The maximum absolute atomic E-state index is 9.82. The van der Waals surface area contributed by atoms with Gasteiger partial charge >= 0.3 is 0 Å². The van der Waals surface area contributed by atoms with Gasteiger partial charge < -0.3 is 4.90 Å². The van der Waals surface area contributed by atoms with Crippen molar-refractivity contribution in [2.75, 3.05) is 19.6 Å². The van der Waals surface area contributed by atoms with Crippen LogP contribution in [0.2, 0.25) is 0 Å². The molecule has 0 N–H and O–H groups in total. The number of likely N-dealkylation sites (tertiary alicyclic amines) is 1. The fourth-order valence-corrected chi connectivity index (χ4v) is 1.89. The Hall–Kier alpha value is -0.660. The van der Waals surface area contributed by atoms with Crippen LogP contribution in [0.4, 0.5) is 0 Å². The minimum absolute atomic E-state index is 0.632. The Morgan fingerprint density at radius 3 is 3.08 bits per heavy atom. The Bertz CT molecular complexity index is 187. The SMILES string of the molecule is CC1CCCCN1CCCN=C=O. The van der Waals surface area contributed by atoms with Gasteiger partial charge in [-0.05, 0) is 32.7 Å². The van der Waals surface area contributed by atoms with Crippen LogP contribution in [0.5, 0.6) is 0 Å². The zero-order chi connectivity index (χ0) is 9.52. The quantitative estimate of drug-likeness (QED) is 0.376. The van der Waals surface area contributed by atoms with Crippen molar-refractivity contribution in [2.45, 2.75) is 38.6 Å². The van der Waals surface area contributed by atoms with E-state index < -0.39 is 0 Å². The standard InChI is InChI=1S/C10H18N2O/c1-10-5-2-3-7-12(10)8-4-6-11-9-13/h10H,2-8H2,1H3. The molecule has 1 atom stereocenters. The van der Waals surface area contributed by atoms with E-state index in [0.29, 0.717) is 12.6 Å². The van der Waals surface area contributed by atoms with E-state index in [-0.39, 0.29) is 0 Å². The predicted octanol–water partition coefficient (Wildman–Crippen LogP) is 1.59. The molecule has 3 nitrogen and oxygen atoms in total. The molecular weight excluding hydrogens is 164 g/mol. The number of rotatable bonds is 4. The van der Waals surface area contributed by atoms with E-state index in [1.165, 1.54) is 25.8 Å². The van der Waals surface area contributed by atoms with E-state index in [0.717, 1.165) is 13.0 Å². The van der Waals surface area contributed by atoms with Crippen LogP contribution < -0.4 is 0 Å². The Balaban J connectivity index is 2.15. The summed E-state index contributed by atoms with van der Waals surface area (Å²) in [7, 11) is 0. The average Bonchev–Trinajstić information content (AvgIpc) is 2.15. The van der Waals surface area contributed by atoms with Gasteiger partial charge in [-0.15, -0.1) is 0 Å². The molecule has 1 fully saturated rings. The largest absolute Gasteiger partial charge is 0.301 e. The van der Waals surface area contributed by atoms with E-state index in [4.69, 9.17) is 0 Å². The number of carbonyl (C=O) groups excluding carboxylic acids is 1. The third-order valence-corrected chi connectivity index (χ3v) is 2.72. The molecular formula is C10H18N2O. The second kappa shape index (κ2) is 5.90. The topological polar surface area (TPSA) is 32.7 Å². The maximum Gasteiger partial charge on any atom is 0.234 e. The van der Waals surface area contributed by atoms with Crippen LogP contribution in [-0.2, 0) is 4.79 Å². The molecule has 0 spiro atoms. The second-order valence-corrected chi connectivity index (χ2v) is 3.71. The molecule has 0 saturated carbocycles. The van der Waals surface area contributed by atoms with Crippen LogP contribution in [-0.4, -0.2) is 36.7 Å². The zero-order valence-corrected chi connectivity index (χ0v) is 8.33. The summed E-state index contributed by atoms with van der Waals surface area (Å²) in [5, 5.41) is 0. The van der Waals surface area contributed by atoms with Crippen LogP contribution in [0.15, 0.2) is 4.99 Å². The van der Waals surface area contributed by atoms with Gasteiger partial charge in [-0.25, -0.2) is 9.79 Å². The van der Waals surface area contributed by atoms with Crippen LogP contribution in [0.25, 0.3) is 0 Å². The molecule has 74 valence electrons. The molecule has 0 bridgehead atoms. The first-order chi connectivity index (χ1) is 6.34. The first kappa shape index (κ1) is 10.4. The molecule has 1 saturated heterocycles. The first-order valence-electron chi connectivity index (χ1n) is 5.12. The monoisotopic (exact) mass is 182 g/mol. The minimum atomic E-state index is 0.632. The summed E-state index contributed by atoms with van der Waals surface area (Å²) >= 11 is 0. The number of hydrogen-bond donors (Lipinski definition) is 0. The third-order valence-electron chi connectivity index (χ3n) is 2.72. The lowest BCUT2D eigenvalue weighted by Crippen LogP contribution is -2.38. The highest BCUT2D eigenvalue weighted by Gasteiger charge is 2.16. The lowest BCUT2D eigenvalue weighted by Gasteiger charge is -2.33. The van der Waals surface area contributed by atoms with Crippen molar-refractivity contribution in [3.8, 4) is 0 Å².